The van der Waals surface area contributed by atoms with Crippen molar-refractivity contribution in [3.05, 3.63) is 64.3 Å². The minimum Gasteiger partial charge on any atom is -0.487 e. The van der Waals surface area contributed by atoms with E-state index < -0.39 is 0 Å². The summed E-state index contributed by atoms with van der Waals surface area (Å²) in [5.74, 6) is 1.54. The van der Waals surface area contributed by atoms with Gasteiger partial charge in [-0.2, -0.15) is 0 Å². The van der Waals surface area contributed by atoms with E-state index in [1.165, 1.54) is 11.1 Å². The molecular formula is C26H30ClN3O2. The molecule has 3 aromatic rings. The number of hydrogen-bond donors (Lipinski definition) is 2. The van der Waals surface area contributed by atoms with Gasteiger partial charge in [0.15, 0.2) is 0 Å². The molecule has 32 heavy (non-hydrogen) atoms. The molecular weight excluding hydrogens is 422 g/mol. The largest absolute Gasteiger partial charge is 0.487 e. The number of carbonyl (C=O) groups excluding carboxylic acids is 1. The van der Waals surface area contributed by atoms with Crippen LogP contribution in [-0.4, -0.2) is 41.0 Å². The lowest BCUT2D eigenvalue weighted by Crippen LogP contribution is -2.38. The summed E-state index contributed by atoms with van der Waals surface area (Å²) in [4.78, 5) is 18.3. The summed E-state index contributed by atoms with van der Waals surface area (Å²) in [6, 6.07) is 14.0. The number of nitrogens with one attached hydrogen (secondary N) is 2. The van der Waals surface area contributed by atoms with Gasteiger partial charge in [-0.1, -0.05) is 35.9 Å². The molecule has 0 saturated carbocycles. The van der Waals surface area contributed by atoms with Crippen molar-refractivity contribution >= 4 is 28.4 Å². The zero-order valence-corrected chi connectivity index (χ0v) is 19.5. The summed E-state index contributed by atoms with van der Waals surface area (Å²) >= 11 is 6.04. The van der Waals surface area contributed by atoms with Gasteiger partial charge in [0.2, 0.25) is 0 Å². The lowest BCUT2D eigenvalue weighted by molar-refractivity contribution is 0.0930. The molecule has 0 unspecified atom stereocenters. The van der Waals surface area contributed by atoms with Gasteiger partial charge < -0.3 is 15.0 Å². The van der Waals surface area contributed by atoms with Crippen molar-refractivity contribution in [3.8, 4) is 5.75 Å². The number of hydrogen-bond acceptors (Lipinski definition) is 3. The number of ether oxygens (including phenoxy) is 1. The SMILES string of the molecule is CC1(C)Cc2cccc(CN3CCC(CNC(=O)c4cc5ccc(Cl)cc5[nH]4)CC3)c2O1. The van der Waals surface area contributed by atoms with Crippen LogP contribution in [0.5, 0.6) is 5.75 Å². The van der Waals surface area contributed by atoms with E-state index in [1.54, 1.807) is 0 Å². The highest BCUT2D eigenvalue weighted by Gasteiger charge is 2.32. The minimum atomic E-state index is -0.110. The molecule has 3 heterocycles. The van der Waals surface area contributed by atoms with Crippen molar-refractivity contribution in [1.82, 2.24) is 15.2 Å². The highest BCUT2D eigenvalue weighted by molar-refractivity contribution is 6.31. The standard InChI is InChI=1S/C26H30ClN3O2/c1-26(2)14-19-4-3-5-20(24(19)32-26)16-30-10-8-17(9-11-30)15-28-25(31)23-12-18-6-7-21(27)13-22(18)29-23/h3-7,12-13,17,29H,8-11,14-16H2,1-2H3,(H,28,31). The van der Waals surface area contributed by atoms with Crippen LogP contribution in [-0.2, 0) is 13.0 Å². The van der Waals surface area contributed by atoms with E-state index >= 15 is 0 Å². The van der Waals surface area contributed by atoms with Gasteiger partial charge in [-0.05, 0) is 69.5 Å². The number of piperidine rings is 1. The maximum absolute atomic E-state index is 12.6. The Labute approximate surface area is 194 Å². The molecule has 1 saturated heterocycles. The Bertz CT molecular complexity index is 1150. The lowest BCUT2D eigenvalue weighted by Gasteiger charge is -2.32. The second-order valence-corrected chi connectivity index (χ2v) is 10.2. The quantitative estimate of drug-likeness (QED) is 0.562. The first-order valence-corrected chi connectivity index (χ1v) is 11.8. The van der Waals surface area contributed by atoms with Gasteiger partial charge in [-0.3, -0.25) is 9.69 Å². The number of benzene rings is 2. The first-order valence-electron chi connectivity index (χ1n) is 11.4. The smallest absolute Gasteiger partial charge is 0.267 e. The summed E-state index contributed by atoms with van der Waals surface area (Å²) in [7, 11) is 0. The second-order valence-electron chi connectivity index (χ2n) is 9.79. The Morgan fingerprint density at radius 3 is 2.84 bits per heavy atom. The van der Waals surface area contributed by atoms with E-state index in [2.05, 4.69) is 47.2 Å². The van der Waals surface area contributed by atoms with Crippen LogP contribution >= 0.6 is 11.6 Å². The number of H-pyrrole nitrogens is 1. The van der Waals surface area contributed by atoms with Crippen molar-refractivity contribution in [2.24, 2.45) is 5.92 Å². The molecule has 0 spiro atoms. The number of fused-ring (bicyclic) bond motifs is 2. The van der Waals surface area contributed by atoms with Crippen LogP contribution < -0.4 is 10.1 Å². The molecule has 0 radical (unpaired) electrons. The van der Waals surface area contributed by atoms with Crippen LogP contribution in [0.1, 0.15) is 48.3 Å². The average Bonchev–Trinajstić information content (AvgIpc) is 3.32. The normalized spacial score (nSPS) is 18.5. The van der Waals surface area contributed by atoms with Gasteiger partial charge in [-0.15, -0.1) is 0 Å². The van der Waals surface area contributed by atoms with E-state index in [0.717, 1.165) is 55.5 Å². The number of carbonyl (C=O) groups is 1. The van der Waals surface area contributed by atoms with E-state index in [4.69, 9.17) is 16.3 Å². The first kappa shape index (κ1) is 21.4. The van der Waals surface area contributed by atoms with Gasteiger partial charge >= 0.3 is 0 Å². The number of amides is 1. The zero-order valence-electron chi connectivity index (χ0n) is 18.7. The molecule has 0 bridgehead atoms. The zero-order chi connectivity index (χ0) is 22.3. The third-order valence-electron chi connectivity index (χ3n) is 6.65. The highest BCUT2D eigenvalue weighted by atomic mass is 35.5. The molecule has 5 nitrogen and oxygen atoms in total. The Morgan fingerprint density at radius 1 is 1.22 bits per heavy atom. The number of nitrogens with zero attached hydrogens (tertiary/aromatic N) is 1. The number of aromatic amines is 1. The molecule has 2 aliphatic heterocycles. The molecule has 2 aliphatic rings. The maximum Gasteiger partial charge on any atom is 0.267 e. The fraction of sp³-hybridized carbons (Fsp3) is 0.423. The van der Waals surface area contributed by atoms with Gasteiger partial charge in [-0.25, -0.2) is 0 Å². The summed E-state index contributed by atoms with van der Waals surface area (Å²) in [5, 5.41) is 4.76. The minimum absolute atomic E-state index is 0.0561. The van der Waals surface area contributed by atoms with Crippen molar-refractivity contribution in [2.45, 2.75) is 45.3 Å². The maximum atomic E-state index is 12.6. The predicted octanol–water partition coefficient (Wildman–Crippen LogP) is 5.18. The molecule has 0 atom stereocenters. The number of para-hydroxylation sites is 1. The summed E-state index contributed by atoms with van der Waals surface area (Å²) in [6.45, 7) is 8.02. The van der Waals surface area contributed by atoms with Crippen LogP contribution in [0.2, 0.25) is 5.02 Å². The molecule has 1 aromatic heterocycles. The lowest BCUT2D eigenvalue weighted by atomic mass is 9.96. The Morgan fingerprint density at radius 2 is 2.03 bits per heavy atom. The van der Waals surface area contributed by atoms with Crippen molar-refractivity contribution < 1.29 is 9.53 Å². The van der Waals surface area contributed by atoms with Crippen LogP contribution in [0.15, 0.2) is 42.5 Å². The second kappa shape index (κ2) is 8.45. The molecule has 0 aliphatic carbocycles. The Hall–Kier alpha value is -2.50. The Kier molecular flexibility index (Phi) is 5.64. The fourth-order valence-electron chi connectivity index (χ4n) is 4.95. The van der Waals surface area contributed by atoms with E-state index in [1.807, 2.05) is 24.3 Å². The topological polar surface area (TPSA) is 57.4 Å². The number of halogens is 1. The summed E-state index contributed by atoms with van der Waals surface area (Å²) in [6.07, 6.45) is 3.15. The number of aromatic nitrogens is 1. The van der Waals surface area contributed by atoms with Gasteiger partial charge in [0.1, 0.15) is 17.0 Å². The molecule has 6 heteroatoms. The fourth-order valence-corrected chi connectivity index (χ4v) is 5.12. The van der Waals surface area contributed by atoms with Gasteiger partial charge in [0, 0.05) is 41.0 Å². The average molecular weight is 452 g/mol. The van der Waals surface area contributed by atoms with Crippen molar-refractivity contribution in [2.75, 3.05) is 19.6 Å². The molecule has 168 valence electrons. The molecule has 1 amide bonds. The van der Waals surface area contributed by atoms with Crippen LogP contribution in [0, 0.1) is 5.92 Å². The van der Waals surface area contributed by atoms with Gasteiger partial charge in [0.25, 0.3) is 5.91 Å². The third-order valence-corrected chi connectivity index (χ3v) is 6.89. The molecule has 2 aromatic carbocycles. The van der Waals surface area contributed by atoms with Crippen LogP contribution in [0.4, 0.5) is 0 Å². The predicted molar refractivity (Wildman–Crippen MR) is 128 cm³/mol. The van der Waals surface area contributed by atoms with Crippen LogP contribution in [0.25, 0.3) is 10.9 Å². The van der Waals surface area contributed by atoms with Crippen molar-refractivity contribution in [1.29, 1.82) is 0 Å². The first-order chi connectivity index (χ1) is 15.4. The van der Waals surface area contributed by atoms with Gasteiger partial charge in [0.05, 0.1) is 0 Å². The van der Waals surface area contributed by atoms with E-state index in [9.17, 15) is 4.79 Å². The molecule has 2 N–H and O–H groups in total. The number of likely N-dealkylation sites (tertiary alicyclic amines) is 1. The monoisotopic (exact) mass is 451 g/mol. The van der Waals surface area contributed by atoms with Crippen LogP contribution in [0.3, 0.4) is 0 Å². The van der Waals surface area contributed by atoms with E-state index in [0.29, 0.717) is 23.2 Å². The Balaban J connectivity index is 1.12. The molecule has 1 fully saturated rings. The summed E-state index contributed by atoms with van der Waals surface area (Å²) in [5.41, 5.74) is 3.97. The third kappa shape index (κ3) is 4.50. The highest BCUT2D eigenvalue weighted by Crippen LogP contribution is 2.38. The van der Waals surface area contributed by atoms with E-state index in [-0.39, 0.29) is 11.5 Å². The summed E-state index contributed by atoms with van der Waals surface area (Å²) < 4.78 is 6.24. The van der Waals surface area contributed by atoms with Crippen molar-refractivity contribution in [3.63, 3.8) is 0 Å². The molecule has 5 rings (SSSR count). The number of rotatable bonds is 5.